The molecule has 9 heteroatoms. The minimum absolute atomic E-state index is 0.000630. The molecule has 3 rings (SSSR count). The number of aromatic nitrogens is 3. The summed E-state index contributed by atoms with van der Waals surface area (Å²) in [5, 5.41) is 11.1. The van der Waals surface area contributed by atoms with E-state index in [1.54, 1.807) is 11.6 Å². The van der Waals surface area contributed by atoms with Crippen molar-refractivity contribution in [1.29, 1.82) is 0 Å². The summed E-state index contributed by atoms with van der Waals surface area (Å²) in [4.78, 5) is 12.0. The van der Waals surface area contributed by atoms with Crippen LogP contribution in [0.3, 0.4) is 0 Å². The van der Waals surface area contributed by atoms with E-state index >= 15 is 0 Å². The second-order valence-electron chi connectivity index (χ2n) is 6.48. The van der Waals surface area contributed by atoms with Crippen LogP contribution in [-0.2, 0) is 18.4 Å². The van der Waals surface area contributed by atoms with Gasteiger partial charge < -0.3 is 14.6 Å². The average Bonchev–Trinajstić information content (AvgIpc) is 3.03. The maximum Gasteiger partial charge on any atom is 0.234 e. The summed E-state index contributed by atoms with van der Waals surface area (Å²) in [6, 6.07) is 8.94. The highest BCUT2D eigenvalue weighted by Gasteiger charge is 2.14. The number of amides is 1. The molecule has 2 aromatic carbocycles. The Kier molecular flexibility index (Phi) is 6.48. The van der Waals surface area contributed by atoms with Gasteiger partial charge in [0.1, 0.15) is 24.0 Å². The SMILES string of the molecule is Cc1ccc(C)c(OCc2nnc(SCC(=O)Nc3ccc(F)cc3F)n2C)c1. The molecule has 3 aromatic rings. The number of ether oxygens (including phenoxy) is 1. The Morgan fingerprint density at radius 2 is 1.97 bits per heavy atom. The zero-order chi connectivity index (χ0) is 21.0. The number of carbonyl (C=O) groups excluding carboxylic acids is 1. The van der Waals surface area contributed by atoms with E-state index in [-0.39, 0.29) is 18.0 Å². The van der Waals surface area contributed by atoms with E-state index in [2.05, 4.69) is 15.5 Å². The first kappa shape index (κ1) is 20.8. The summed E-state index contributed by atoms with van der Waals surface area (Å²) in [7, 11) is 1.78. The Morgan fingerprint density at radius 3 is 2.72 bits per heavy atom. The van der Waals surface area contributed by atoms with Crippen molar-refractivity contribution in [3.05, 3.63) is 65.0 Å². The summed E-state index contributed by atoms with van der Waals surface area (Å²) < 4.78 is 34.1. The van der Waals surface area contributed by atoms with Gasteiger partial charge in [0.05, 0.1) is 11.4 Å². The van der Waals surface area contributed by atoms with E-state index in [1.807, 2.05) is 32.0 Å². The van der Waals surface area contributed by atoms with Gasteiger partial charge in [-0.1, -0.05) is 23.9 Å². The molecule has 6 nitrogen and oxygen atoms in total. The Labute approximate surface area is 171 Å². The van der Waals surface area contributed by atoms with Gasteiger partial charge in [-0.2, -0.15) is 0 Å². The predicted octanol–water partition coefficient (Wildman–Crippen LogP) is 4.02. The van der Waals surface area contributed by atoms with Gasteiger partial charge >= 0.3 is 0 Å². The van der Waals surface area contributed by atoms with Gasteiger partial charge in [-0.3, -0.25) is 4.79 Å². The molecule has 0 saturated heterocycles. The highest BCUT2D eigenvalue weighted by atomic mass is 32.2. The molecule has 0 unspecified atom stereocenters. The number of anilines is 1. The molecule has 1 amide bonds. The highest BCUT2D eigenvalue weighted by molar-refractivity contribution is 7.99. The quantitative estimate of drug-likeness (QED) is 0.587. The number of rotatable bonds is 7. The van der Waals surface area contributed by atoms with E-state index in [4.69, 9.17) is 4.74 Å². The fourth-order valence-corrected chi connectivity index (χ4v) is 3.24. The number of thioether (sulfide) groups is 1. The molecule has 0 radical (unpaired) electrons. The Bertz CT molecular complexity index is 1040. The average molecular weight is 418 g/mol. The molecule has 29 heavy (non-hydrogen) atoms. The van der Waals surface area contributed by atoms with Crippen LogP contribution in [0, 0.1) is 25.5 Å². The third-order valence-electron chi connectivity index (χ3n) is 4.16. The number of carbonyl (C=O) groups is 1. The molecule has 0 fully saturated rings. The number of nitrogens with one attached hydrogen (secondary N) is 1. The number of nitrogens with zero attached hydrogens (tertiary/aromatic N) is 3. The topological polar surface area (TPSA) is 69.0 Å². The third-order valence-corrected chi connectivity index (χ3v) is 5.18. The van der Waals surface area contributed by atoms with Gasteiger partial charge in [-0.05, 0) is 43.2 Å². The Morgan fingerprint density at radius 1 is 1.17 bits per heavy atom. The summed E-state index contributed by atoms with van der Waals surface area (Å²) in [6.07, 6.45) is 0. The normalized spacial score (nSPS) is 10.8. The van der Waals surface area contributed by atoms with Crippen molar-refractivity contribution in [2.24, 2.45) is 7.05 Å². The summed E-state index contributed by atoms with van der Waals surface area (Å²) in [5.74, 6) is -0.573. The van der Waals surface area contributed by atoms with Crippen LogP contribution in [0.2, 0.25) is 0 Å². The standard InChI is InChI=1S/C20H20F2N4O2S/c1-12-4-5-13(2)17(8-12)28-10-18-24-25-20(26(18)3)29-11-19(27)23-16-7-6-14(21)9-15(16)22/h4-9H,10-11H2,1-3H3,(H,23,27). The van der Waals surface area contributed by atoms with Gasteiger partial charge in [0.2, 0.25) is 5.91 Å². The number of hydrogen-bond acceptors (Lipinski definition) is 5. The summed E-state index contributed by atoms with van der Waals surface area (Å²) in [5.41, 5.74) is 2.05. The summed E-state index contributed by atoms with van der Waals surface area (Å²) in [6.45, 7) is 4.20. The van der Waals surface area contributed by atoms with Crippen molar-refractivity contribution in [1.82, 2.24) is 14.8 Å². The van der Waals surface area contributed by atoms with Crippen molar-refractivity contribution in [2.45, 2.75) is 25.6 Å². The lowest BCUT2D eigenvalue weighted by Gasteiger charge is -2.10. The second-order valence-corrected chi connectivity index (χ2v) is 7.42. The van der Waals surface area contributed by atoms with Crippen LogP contribution in [0.5, 0.6) is 5.75 Å². The fraction of sp³-hybridized carbons (Fsp3) is 0.250. The molecule has 0 saturated carbocycles. The lowest BCUT2D eigenvalue weighted by molar-refractivity contribution is -0.113. The minimum Gasteiger partial charge on any atom is -0.485 e. The van der Waals surface area contributed by atoms with Gasteiger partial charge in [-0.25, -0.2) is 8.78 Å². The molecule has 1 N–H and O–H groups in total. The first-order valence-corrected chi connectivity index (χ1v) is 9.78. The maximum atomic E-state index is 13.6. The molecule has 1 heterocycles. The van der Waals surface area contributed by atoms with Crippen molar-refractivity contribution >= 4 is 23.4 Å². The molecule has 0 bridgehead atoms. The number of halogens is 2. The van der Waals surface area contributed by atoms with Crippen molar-refractivity contribution in [2.75, 3.05) is 11.1 Å². The molecular weight excluding hydrogens is 398 g/mol. The molecule has 152 valence electrons. The van der Waals surface area contributed by atoms with Gasteiger partial charge in [0.25, 0.3) is 0 Å². The van der Waals surface area contributed by atoms with Gasteiger partial charge in [0, 0.05) is 13.1 Å². The van der Waals surface area contributed by atoms with Crippen molar-refractivity contribution in [3.8, 4) is 5.75 Å². The van der Waals surface area contributed by atoms with Crippen LogP contribution in [-0.4, -0.2) is 26.4 Å². The molecule has 0 aliphatic rings. The number of aryl methyl sites for hydroxylation is 2. The van der Waals surface area contributed by atoms with E-state index in [1.165, 1.54) is 6.07 Å². The van der Waals surface area contributed by atoms with E-state index in [0.717, 1.165) is 34.7 Å². The monoisotopic (exact) mass is 418 g/mol. The Hall–Kier alpha value is -2.94. The van der Waals surface area contributed by atoms with E-state index < -0.39 is 17.5 Å². The smallest absolute Gasteiger partial charge is 0.234 e. The lowest BCUT2D eigenvalue weighted by atomic mass is 10.1. The molecule has 0 aliphatic carbocycles. The first-order valence-electron chi connectivity index (χ1n) is 8.79. The maximum absolute atomic E-state index is 13.6. The second kappa shape index (κ2) is 9.04. The Balaban J connectivity index is 1.56. The fourth-order valence-electron chi connectivity index (χ4n) is 2.51. The van der Waals surface area contributed by atoms with Crippen LogP contribution in [0.15, 0.2) is 41.6 Å². The van der Waals surface area contributed by atoms with Crippen LogP contribution >= 0.6 is 11.8 Å². The third kappa shape index (κ3) is 5.32. The zero-order valence-corrected chi connectivity index (χ0v) is 17.0. The molecule has 0 aliphatic heterocycles. The molecule has 0 atom stereocenters. The number of hydrogen-bond donors (Lipinski definition) is 1. The predicted molar refractivity (Wildman–Crippen MR) is 107 cm³/mol. The molecule has 1 aromatic heterocycles. The summed E-state index contributed by atoms with van der Waals surface area (Å²) >= 11 is 1.16. The van der Waals surface area contributed by atoms with Gasteiger partial charge in [-0.15, -0.1) is 10.2 Å². The lowest BCUT2D eigenvalue weighted by Crippen LogP contribution is -2.15. The van der Waals surface area contributed by atoms with Crippen LogP contribution in [0.1, 0.15) is 17.0 Å². The minimum atomic E-state index is -0.826. The van der Waals surface area contributed by atoms with Gasteiger partial charge in [0.15, 0.2) is 11.0 Å². The largest absolute Gasteiger partial charge is 0.485 e. The number of benzene rings is 2. The molecule has 0 spiro atoms. The first-order chi connectivity index (χ1) is 13.8. The molecular formula is C20H20F2N4O2S. The van der Waals surface area contributed by atoms with E-state index in [0.29, 0.717) is 17.0 Å². The highest BCUT2D eigenvalue weighted by Crippen LogP contribution is 2.22. The van der Waals surface area contributed by atoms with Crippen LogP contribution < -0.4 is 10.1 Å². The van der Waals surface area contributed by atoms with Crippen LogP contribution in [0.25, 0.3) is 0 Å². The van der Waals surface area contributed by atoms with Crippen molar-refractivity contribution < 1.29 is 18.3 Å². The zero-order valence-electron chi connectivity index (χ0n) is 16.2. The van der Waals surface area contributed by atoms with Crippen LogP contribution in [0.4, 0.5) is 14.5 Å². The van der Waals surface area contributed by atoms with Crippen molar-refractivity contribution in [3.63, 3.8) is 0 Å². The van der Waals surface area contributed by atoms with E-state index in [9.17, 15) is 13.6 Å².